The van der Waals surface area contributed by atoms with Crippen molar-refractivity contribution in [2.45, 2.75) is 18.9 Å². The van der Waals surface area contributed by atoms with Crippen molar-refractivity contribution < 1.29 is 22.0 Å². The van der Waals surface area contributed by atoms with E-state index in [-0.39, 0.29) is 23.0 Å². The maximum absolute atomic E-state index is 14.2. The van der Waals surface area contributed by atoms with Crippen LogP contribution < -0.4 is 4.90 Å². The number of halogens is 4. The highest BCUT2D eigenvalue weighted by atomic mass is 19.3. The van der Waals surface area contributed by atoms with Gasteiger partial charge in [0.2, 0.25) is 0 Å². The zero-order valence-electron chi connectivity index (χ0n) is 17.3. The fraction of sp³-hybridized carbons (Fsp3) is 0.182. The lowest BCUT2D eigenvalue weighted by Crippen LogP contribution is -2.36. The van der Waals surface area contributed by atoms with Crippen molar-refractivity contribution in [1.82, 2.24) is 29.8 Å². The summed E-state index contributed by atoms with van der Waals surface area (Å²) in [7, 11) is 0. The van der Waals surface area contributed by atoms with E-state index in [1.54, 1.807) is 17.2 Å². The Kier molecular flexibility index (Phi) is 4.61. The molecule has 0 spiro atoms. The van der Waals surface area contributed by atoms with Crippen LogP contribution in [0.1, 0.15) is 35.1 Å². The summed E-state index contributed by atoms with van der Waals surface area (Å²) in [5.41, 5.74) is 1.58. The first kappa shape index (κ1) is 20.4. The number of H-pyrrole nitrogens is 1. The molecule has 1 aliphatic heterocycles. The van der Waals surface area contributed by atoms with E-state index in [4.69, 9.17) is 4.42 Å². The molecule has 0 radical (unpaired) electrons. The molecule has 0 saturated carbocycles. The summed E-state index contributed by atoms with van der Waals surface area (Å²) in [6.07, 6.45) is 0.989. The van der Waals surface area contributed by atoms with Gasteiger partial charge in [-0.15, -0.1) is 5.10 Å². The number of rotatable bonds is 4. The summed E-state index contributed by atoms with van der Waals surface area (Å²) in [5, 5.41) is 12.4. The normalized spacial score (nSPS) is 15.9. The number of imidazole rings is 1. The molecule has 1 aliphatic rings. The lowest BCUT2D eigenvalue weighted by molar-refractivity contribution is 0.152. The minimum Gasteiger partial charge on any atom is -0.403 e. The number of fused-ring (bicyclic) bond motifs is 2. The van der Waals surface area contributed by atoms with Gasteiger partial charge in [0.05, 0.1) is 23.2 Å². The van der Waals surface area contributed by atoms with Crippen LogP contribution in [-0.2, 0) is 6.42 Å². The molecule has 0 saturated heterocycles. The number of pyridine rings is 1. The first-order valence-electron chi connectivity index (χ1n) is 10.3. The molecule has 4 aromatic heterocycles. The molecular formula is C22H15F4N7O. The number of nitrogens with zero attached hydrogens (tertiary/aromatic N) is 6. The van der Waals surface area contributed by atoms with Crippen molar-refractivity contribution >= 4 is 11.5 Å². The zero-order valence-corrected chi connectivity index (χ0v) is 17.3. The van der Waals surface area contributed by atoms with E-state index in [1.165, 1.54) is 29.0 Å². The molecule has 5 aromatic rings. The van der Waals surface area contributed by atoms with Crippen LogP contribution in [0.3, 0.4) is 0 Å². The summed E-state index contributed by atoms with van der Waals surface area (Å²) in [6.45, 7) is 0.386. The Morgan fingerprint density at radius 2 is 1.91 bits per heavy atom. The van der Waals surface area contributed by atoms with E-state index < -0.39 is 29.7 Å². The van der Waals surface area contributed by atoms with Crippen molar-refractivity contribution in [1.29, 1.82) is 0 Å². The van der Waals surface area contributed by atoms with E-state index in [2.05, 4.69) is 25.3 Å². The van der Waals surface area contributed by atoms with Gasteiger partial charge in [-0.1, -0.05) is 11.2 Å². The quantitative estimate of drug-likeness (QED) is 0.391. The number of alkyl halides is 2. The predicted molar refractivity (Wildman–Crippen MR) is 111 cm³/mol. The smallest absolute Gasteiger partial charge is 0.319 e. The van der Waals surface area contributed by atoms with E-state index in [9.17, 15) is 17.6 Å². The van der Waals surface area contributed by atoms with E-state index in [1.807, 2.05) is 0 Å². The molecule has 0 fully saturated rings. The van der Waals surface area contributed by atoms with Gasteiger partial charge in [-0.2, -0.15) is 5.10 Å². The van der Waals surface area contributed by atoms with Gasteiger partial charge in [-0.25, -0.2) is 27.1 Å². The van der Waals surface area contributed by atoms with Crippen LogP contribution in [0.4, 0.5) is 23.6 Å². The average Bonchev–Trinajstić information content (AvgIpc) is 3.56. The topological polar surface area (TPSA) is 88.1 Å². The van der Waals surface area contributed by atoms with Crippen molar-refractivity contribution in [2.24, 2.45) is 0 Å². The van der Waals surface area contributed by atoms with Crippen molar-refractivity contribution in [3.05, 3.63) is 83.2 Å². The highest BCUT2D eigenvalue weighted by Crippen LogP contribution is 2.38. The Labute approximate surface area is 188 Å². The summed E-state index contributed by atoms with van der Waals surface area (Å²) in [5.74, 6) is -1.98. The lowest BCUT2D eigenvalue weighted by atomic mass is 10.00. The molecule has 12 heteroatoms. The predicted octanol–water partition coefficient (Wildman–Crippen LogP) is 4.48. The number of anilines is 1. The van der Waals surface area contributed by atoms with Gasteiger partial charge >= 0.3 is 6.01 Å². The molecule has 1 N–H and O–H groups in total. The SMILES string of the molecule is Fc1cccc(F)c1-c1nnc(N2CCc3[nH]cnc3C2c2cc3c(C(F)F)cccn3n2)o1. The van der Waals surface area contributed by atoms with Crippen molar-refractivity contribution in [2.75, 3.05) is 11.4 Å². The highest BCUT2D eigenvalue weighted by molar-refractivity contribution is 5.59. The van der Waals surface area contributed by atoms with Crippen molar-refractivity contribution in [3.63, 3.8) is 0 Å². The third-order valence-electron chi connectivity index (χ3n) is 5.83. The molecule has 1 unspecified atom stereocenters. The highest BCUT2D eigenvalue weighted by Gasteiger charge is 2.36. The Balaban J connectivity index is 1.47. The Bertz CT molecular complexity index is 1490. The molecule has 6 rings (SSSR count). The third-order valence-corrected chi connectivity index (χ3v) is 5.83. The number of benzene rings is 1. The standard InChI is InChI=1S/C22H15F4N7O/c23-12-4-1-5-13(24)17(12)21-29-30-22(34-21)32-8-6-14-18(28-10-27-14)19(32)15-9-16-11(20(25)26)3-2-7-33(16)31-15/h1-5,7,9-10,19-20H,6,8H2,(H,27,28). The maximum Gasteiger partial charge on any atom is 0.319 e. The van der Waals surface area contributed by atoms with Gasteiger partial charge in [-0.3, -0.25) is 0 Å². The van der Waals surface area contributed by atoms with Gasteiger partial charge in [0, 0.05) is 30.4 Å². The zero-order chi connectivity index (χ0) is 23.4. The van der Waals surface area contributed by atoms with Crippen LogP contribution in [0.2, 0.25) is 0 Å². The molecule has 34 heavy (non-hydrogen) atoms. The van der Waals surface area contributed by atoms with Crippen LogP contribution >= 0.6 is 0 Å². The Hall–Kier alpha value is -4.22. The van der Waals surface area contributed by atoms with E-state index in [0.29, 0.717) is 24.4 Å². The second-order valence-corrected chi connectivity index (χ2v) is 7.76. The first-order valence-corrected chi connectivity index (χ1v) is 10.3. The van der Waals surface area contributed by atoms with E-state index >= 15 is 0 Å². The molecule has 8 nitrogen and oxygen atoms in total. The number of aromatic nitrogens is 6. The largest absolute Gasteiger partial charge is 0.403 e. The summed E-state index contributed by atoms with van der Waals surface area (Å²) >= 11 is 0. The lowest BCUT2D eigenvalue weighted by Gasteiger charge is -2.32. The van der Waals surface area contributed by atoms with Gasteiger partial charge in [0.15, 0.2) is 0 Å². The number of aromatic amines is 1. The first-order chi connectivity index (χ1) is 16.5. The van der Waals surface area contributed by atoms with Gasteiger partial charge < -0.3 is 14.3 Å². The molecule has 0 amide bonds. The summed E-state index contributed by atoms with van der Waals surface area (Å²) in [4.78, 5) is 9.18. The maximum atomic E-state index is 14.2. The fourth-order valence-electron chi connectivity index (χ4n) is 4.29. The second-order valence-electron chi connectivity index (χ2n) is 7.76. The molecule has 0 aliphatic carbocycles. The molecule has 1 atom stereocenters. The molecule has 1 aromatic carbocycles. The summed E-state index contributed by atoms with van der Waals surface area (Å²) < 4.78 is 62.6. The molecule has 172 valence electrons. The van der Waals surface area contributed by atoms with Gasteiger partial charge in [0.25, 0.3) is 12.3 Å². The Morgan fingerprint density at radius 3 is 2.71 bits per heavy atom. The number of hydrogen-bond acceptors (Lipinski definition) is 6. The molecular weight excluding hydrogens is 454 g/mol. The van der Waals surface area contributed by atoms with Crippen LogP contribution in [0, 0.1) is 11.6 Å². The van der Waals surface area contributed by atoms with Crippen LogP contribution in [-0.4, -0.2) is 36.3 Å². The van der Waals surface area contributed by atoms with Gasteiger partial charge in [-0.05, 0) is 30.3 Å². The van der Waals surface area contributed by atoms with Crippen LogP contribution in [0.25, 0.3) is 17.0 Å². The Morgan fingerprint density at radius 1 is 1.09 bits per heavy atom. The third kappa shape index (κ3) is 3.13. The fourth-order valence-corrected chi connectivity index (χ4v) is 4.29. The minimum atomic E-state index is -2.68. The van der Waals surface area contributed by atoms with Crippen molar-refractivity contribution in [3.8, 4) is 11.5 Å². The average molecular weight is 469 g/mol. The number of nitrogens with one attached hydrogen (secondary N) is 1. The number of hydrogen-bond donors (Lipinski definition) is 1. The van der Waals surface area contributed by atoms with E-state index in [0.717, 1.165) is 17.8 Å². The molecule has 5 heterocycles. The second kappa shape index (κ2) is 7.68. The monoisotopic (exact) mass is 469 g/mol. The molecule has 0 bridgehead atoms. The van der Waals surface area contributed by atoms with Gasteiger partial charge in [0.1, 0.15) is 23.2 Å². The van der Waals surface area contributed by atoms with Crippen LogP contribution in [0.5, 0.6) is 0 Å². The minimum absolute atomic E-state index is 0.00226. The van der Waals surface area contributed by atoms with Crippen LogP contribution in [0.15, 0.2) is 53.3 Å². The summed E-state index contributed by atoms with van der Waals surface area (Å²) in [6, 6.07) is 7.19.